The van der Waals surface area contributed by atoms with Gasteiger partial charge in [-0.3, -0.25) is 19.2 Å². The second kappa shape index (κ2) is 21.4. The SMILES string of the molecule is CC(C)c1cc(F)cc(C(C)C)c1NC(=O)NS(=O)(=O)c1cc(CN(C)C2CC2)n(C)n1.CC(C)c1cc(F)cc(C(C)C)c1OC#N.CN(Cc1cc(S(N)(=O)=O)nn1C)C1CC1. The number of ether oxygens (including phenoxy) is 1. The van der Waals surface area contributed by atoms with Crippen molar-refractivity contribution in [2.24, 2.45) is 19.2 Å². The number of benzene rings is 2. The van der Waals surface area contributed by atoms with Gasteiger partial charge in [-0.05, 0) is 98.8 Å². The fraction of sp³-hybridized carbons (Fsp3) is 0.545. The van der Waals surface area contributed by atoms with Gasteiger partial charge in [0, 0.05) is 68.2 Å². The quantitative estimate of drug-likeness (QED) is 0.0994. The number of sulfonamides is 2. The number of halogens is 2. The Labute approximate surface area is 377 Å². The normalized spacial score (nSPS) is 14.1. The average molecular weight is 931 g/mol. The molecule has 0 bridgehead atoms. The molecule has 0 spiro atoms. The second-order valence-corrected chi connectivity index (χ2v) is 20.9. The third-order valence-corrected chi connectivity index (χ3v) is 13.0. The molecule has 352 valence electrons. The molecule has 4 aromatic rings. The first-order valence-corrected chi connectivity index (χ1v) is 24.3. The van der Waals surface area contributed by atoms with Gasteiger partial charge >= 0.3 is 6.03 Å². The van der Waals surface area contributed by atoms with Crippen molar-refractivity contribution in [1.29, 1.82) is 5.26 Å². The maximum absolute atomic E-state index is 14.1. The number of nitrogens with zero attached hydrogens (tertiary/aromatic N) is 7. The van der Waals surface area contributed by atoms with E-state index < -0.39 is 31.9 Å². The zero-order valence-corrected chi connectivity index (χ0v) is 40.5. The molecular formula is C44H64F2N10O6S2. The number of aryl methyl sites for hydroxylation is 2. The van der Waals surface area contributed by atoms with E-state index in [0.717, 1.165) is 35.4 Å². The molecule has 2 aliphatic rings. The highest BCUT2D eigenvalue weighted by molar-refractivity contribution is 7.90. The number of rotatable bonds is 15. The molecule has 2 saturated carbocycles. The number of carbonyl (C=O) groups excluding carboxylic acids is 1. The van der Waals surface area contributed by atoms with Crippen LogP contribution in [0.25, 0.3) is 0 Å². The maximum atomic E-state index is 14.1. The molecule has 2 amide bonds. The number of nitriles is 1. The van der Waals surface area contributed by atoms with Crippen molar-refractivity contribution in [2.75, 3.05) is 19.4 Å². The highest BCUT2D eigenvalue weighted by Gasteiger charge is 2.30. The highest BCUT2D eigenvalue weighted by Crippen LogP contribution is 2.36. The van der Waals surface area contributed by atoms with Crippen LogP contribution in [0, 0.1) is 23.2 Å². The first-order chi connectivity index (χ1) is 29.7. The van der Waals surface area contributed by atoms with Crippen LogP contribution in [0.2, 0.25) is 0 Å². The van der Waals surface area contributed by atoms with Crippen LogP contribution < -0.4 is 19.9 Å². The second-order valence-electron chi connectivity index (χ2n) is 17.8. The monoisotopic (exact) mass is 930 g/mol. The largest absolute Gasteiger partial charge is 0.387 e. The molecule has 0 unspecified atom stereocenters. The van der Waals surface area contributed by atoms with Crippen molar-refractivity contribution in [3.05, 3.63) is 81.7 Å². The van der Waals surface area contributed by atoms with Gasteiger partial charge in [-0.2, -0.15) is 18.6 Å². The van der Waals surface area contributed by atoms with Gasteiger partial charge < -0.3 is 10.1 Å². The molecular weight excluding hydrogens is 867 g/mol. The molecule has 0 saturated heterocycles. The van der Waals surface area contributed by atoms with Gasteiger partial charge in [0.2, 0.25) is 0 Å². The molecule has 2 aromatic heterocycles. The Hall–Kier alpha value is -4.94. The van der Waals surface area contributed by atoms with E-state index in [1.54, 1.807) is 25.0 Å². The molecule has 6 rings (SSSR count). The lowest BCUT2D eigenvalue weighted by Crippen LogP contribution is -2.35. The van der Waals surface area contributed by atoms with E-state index in [9.17, 15) is 30.4 Å². The fourth-order valence-corrected chi connectivity index (χ4v) is 8.45. The number of nitrogens with one attached hydrogen (secondary N) is 2. The number of urea groups is 1. The molecule has 2 aliphatic carbocycles. The van der Waals surface area contributed by atoms with Crippen LogP contribution >= 0.6 is 0 Å². The van der Waals surface area contributed by atoms with Gasteiger partial charge in [0.15, 0.2) is 10.1 Å². The summed E-state index contributed by atoms with van der Waals surface area (Å²) in [6.07, 6.45) is 6.39. The van der Waals surface area contributed by atoms with Crippen molar-refractivity contribution in [1.82, 2.24) is 34.1 Å². The van der Waals surface area contributed by atoms with E-state index in [0.29, 0.717) is 47.7 Å². The van der Waals surface area contributed by atoms with Crippen molar-refractivity contribution < 1.29 is 35.1 Å². The molecule has 0 radical (unpaired) electrons. The predicted octanol–water partition coefficient (Wildman–Crippen LogP) is 7.50. The summed E-state index contributed by atoms with van der Waals surface area (Å²) >= 11 is 0. The van der Waals surface area contributed by atoms with E-state index >= 15 is 0 Å². The van der Waals surface area contributed by atoms with Crippen LogP contribution in [0.3, 0.4) is 0 Å². The van der Waals surface area contributed by atoms with E-state index in [2.05, 4.69) is 25.3 Å². The predicted molar refractivity (Wildman–Crippen MR) is 242 cm³/mol. The van der Waals surface area contributed by atoms with Crippen LogP contribution in [0.5, 0.6) is 5.75 Å². The number of hydrogen-bond donors (Lipinski definition) is 3. The van der Waals surface area contributed by atoms with Gasteiger partial charge in [-0.15, -0.1) is 5.26 Å². The molecule has 2 heterocycles. The van der Waals surface area contributed by atoms with Gasteiger partial charge in [0.1, 0.15) is 17.4 Å². The topological polar surface area (TPSA) is 211 Å². The lowest BCUT2D eigenvalue weighted by atomic mass is 9.92. The minimum atomic E-state index is -4.18. The van der Waals surface area contributed by atoms with Crippen molar-refractivity contribution in [3.63, 3.8) is 0 Å². The molecule has 0 aliphatic heterocycles. The Bertz CT molecular complexity index is 2480. The smallest absolute Gasteiger partial charge is 0.333 e. The van der Waals surface area contributed by atoms with Crippen LogP contribution in [0.1, 0.15) is 138 Å². The molecule has 2 fully saturated rings. The number of nitrogens with two attached hydrogens (primary N) is 1. The van der Waals surface area contributed by atoms with E-state index in [4.69, 9.17) is 15.1 Å². The molecule has 4 N–H and O–H groups in total. The van der Waals surface area contributed by atoms with Crippen molar-refractivity contribution >= 4 is 31.8 Å². The first-order valence-electron chi connectivity index (χ1n) is 21.3. The lowest BCUT2D eigenvalue weighted by molar-refractivity contribution is 0.256. The third-order valence-electron chi connectivity index (χ3n) is 11.0. The van der Waals surface area contributed by atoms with Crippen LogP contribution in [-0.2, 0) is 47.2 Å². The molecule has 0 atom stereocenters. The number of primary sulfonamides is 1. The molecule has 64 heavy (non-hydrogen) atoms. The van der Waals surface area contributed by atoms with E-state index in [1.165, 1.54) is 53.9 Å². The van der Waals surface area contributed by atoms with Gasteiger partial charge in [-0.25, -0.2) is 31.9 Å². The van der Waals surface area contributed by atoms with Crippen molar-refractivity contribution in [3.8, 4) is 12.0 Å². The number of amides is 2. The Kier molecular flexibility index (Phi) is 17.3. The summed E-state index contributed by atoms with van der Waals surface area (Å²) in [5, 5.41) is 24.0. The summed E-state index contributed by atoms with van der Waals surface area (Å²) in [6.45, 7) is 16.6. The Morgan fingerprint density at radius 2 is 1.12 bits per heavy atom. The van der Waals surface area contributed by atoms with Crippen LogP contribution in [0.4, 0.5) is 19.3 Å². The first kappa shape index (κ1) is 51.7. The summed E-state index contributed by atoms with van der Waals surface area (Å²) in [6, 6.07) is 8.85. The van der Waals surface area contributed by atoms with Gasteiger partial charge in [0.25, 0.3) is 26.3 Å². The van der Waals surface area contributed by atoms with E-state index in [1.807, 2.05) is 74.2 Å². The molecule has 16 nitrogen and oxygen atoms in total. The Morgan fingerprint density at radius 1 is 0.750 bits per heavy atom. The molecule has 2 aromatic carbocycles. The van der Waals surface area contributed by atoms with E-state index in [-0.39, 0.29) is 39.5 Å². The fourth-order valence-electron chi connectivity index (χ4n) is 7.00. The summed E-state index contributed by atoms with van der Waals surface area (Å²) in [7, 11) is -0.452. The van der Waals surface area contributed by atoms with Gasteiger partial charge in [-0.1, -0.05) is 55.4 Å². The summed E-state index contributed by atoms with van der Waals surface area (Å²) in [5.74, 6) is -0.0679. The minimum absolute atomic E-state index is 0.0609. The average Bonchev–Trinajstić information content (AvgIpc) is 4.13. The number of carbonyl (C=O) groups is 1. The summed E-state index contributed by atoms with van der Waals surface area (Å²) in [5.41, 5.74) is 4.71. The van der Waals surface area contributed by atoms with Crippen LogP contribution in [-0.4, -0.2) is 78.4 Å². The minimum Gasteiger partial charge on any atom is -0.387 e. The van der Waals surface area contributed by atoms with Crippen LogP contribution in [0.15, 0.2) is 46.5 Å². The Balaban J connectivity index is 0.000000234. The standard InChI is InChI=1S/C22H32FN5O3S.C13H16FNO.C9H16N4O2S/c1-13(2)18-9-15(23)10-19(14(3)4)21(18)24-22(29)26-32(30,31)20-11-17(28(6)25-20)12-27(5)16-7-8-16;1-8(2)11-5-10(14)6-12(9(3)4)13(11)16-7-15;1-12(7-3-4-7)6-8-5-9(11-13(8)2)16(10,14)15/h9-11,13-14,16H,7-8,12H2,1-6H3,(H2,24,26,29);5-6,8-9H,1-4H3;5,7H,3-4,6H2,1-2H3,(H2,10,14,15). The maximum Gasteiger partial charge on any atom is 0.333 e. The zero-order valence-electron chi connectivity index (χ0n) is 38.9. The van der Waals surface area contributed by atoms with Gasteiger partial charge in [0.05, 0.1) is 11.4 Å². The highest BCUT2D eigenvalue weighted by atomic mass is 32.2. The Morgan fingerprint density at radius 3 is 1.47 bits per heavy atom. The lowest BCUT2D eigenvalue weighted by Gasteiger charge is -2.20. The number of anilines is 1. The summed E-state index contributed by atoms with van der Waals surface area (Å²) in [4.78, 5) is 17.0. The number of hydrogen-bond acceptors (Lipinski definition) is 11. The third kappa shape index (κ3) is 14.0. The zero-order chi connectivity index (χ0) is 48.0. The summed E-state index contributed by atoms with van der Waals surface area (Å²) < 4.78 is 85.5. The number of aromatic nitrogens is 4. The molecule has 20 heteroatoms. The van der Waals surface area contributed by atoms with Crippen molar-refractivity contribution in [2.45, 2.75) is 140 Å².